The number of nitrogens with zero attached hydrogens (tertiary/aromatic N) is 2. The van der Waals surface area contributed by atoms with E-state index in [0.717, 1.165) is 39.5 Å². The molecular formula is C21H22FN3OS2. The van der Waals surface area contributed by atoms with Gasteiger partial charge in [-0.25, -0.2) is 14.4 Å². The number of thioether (sulfide) groups is 1. The van der Waals surface area contributed by atoms with Gasteiger partial charge in [0.25, 0.3) is 0 Å². The van der Waals surface area contributed by atoms with Gasteiger partial charge in [-0.15, -0.1) is 11.3 Å². The highest BCUT2D eigenvalue weighted by molar-refractivity contribution is 8.00. The summed E-state index contributed by atoms with van der Waals surface area (Å²) in [5.74, 6) is 0.830. The number of aromatic nitrogens is 2. The third-order valence-electron chi connectivity index (χ3n) is 4.88. The third kappa shape index (κ3) is 4.36. The van der Waals surface area contributed by atoms with Crippen LogP contribution in [0.15, 0.2) is 29.3 Å². The first kappa shape index (κ1) is 19.3. The molecule has 146 valence electrons. The van der Waals surface area contributed by atoms with Crippen molar-refractivity contribution < 1.29 is 9.18 Å². The number of carbonyl (C=O) groups excluding carboxylic acids is 1. The largest absolute Gasteiger partial charge is 0.355 e. The fourth-order valence-electron chi connectivity index (χ4n) is 3.51. The zero-order valence-electron chi connectivity index (χ0n) is 15.8. The second-order valence-electron chi connectivity index (χ2n) is 6.98. The molecule has 0 aliphatic heterocycles. The van der Waals surface area contributed by atoms with Gasteiger partial charge in [0.05, 0.1) is 5.75 Å². The Balaban J connectivity index is 1.38. The molecule has 2 heterocycles. The smallest absolute Gasteiger partial charge is 0.230 e. The molecule has 1 N–H and O–H groups in total. The number of thiophene rings is 1. The number of amides is 1. The van der Waals surface area contributed by atoms with E-state index < -0.39 is 0 Å². The van der Waals surface area contributed by atoms with Gasteiger partial charge in [-0.3, -0.25) is 4.79 Å². The molecule has 2 aromatic heterocycles. The SMILES string of the molecule is Cc1nc(SCC(=O)NCCc2ccc(F)cc2)c2c3c(sc2n1)CCCC3. The molecule has 3 aromatic rings. The highest BCUT2D eigenvalue weighted by atomic mass is 32.2. The molecule has 1 aromatic carbocycles. The Bertz CT molecular complexity index is 1000. The van der Waals surface area contributed by atoms with E-state index in [-0.39, 0.29) is 11.7 Å². The number of hydrogen-bond acceptors (Lipinski definition) is 5. The van der Waals surface area contributed by atoms with E-state index in [0.29, 0.717) is 18.7 Å². The fourth-order valence-corrected chi connectivity index (χ4v) is 5.81. The van der Waals surface area contributed by atoms with Crippen molar-refractivity contribution in [1.82, 2.24) is 15.3 Å². The molecule has 1 aliphatic carbocycles. The Morgan fingerprint density at radius 1 is 1.21 bits per heavy atom. The molecule has 0 bridgehead atoms. The number of aryl methyl sites for hydroxylation is 3. The van der Waals surface area contributed by atoms with Crippen LogP contribution in [0.25, 0.3) is 10.2 Å². The maximum Gasteiger partial charge on any atom is 0.230 e. The van der Waals surface area contributed by atoms with Gasteiger partial charge >= 0.3 is 0 Å². The van der Waals surface area contributed by atoms with Crippen molar-refractivity contribution in [3.8, 4) is 0 Å². The van der Waals surface area contributed by atoms with Crippen LogP contribution in [0.2, 0.25) is 0 Å². The first-order chi connectivity index (χ1) is 13.6. The van der Waals surface area contributed by atoms with Gasteiger partial charge in [-0.1, -0.05) is 23.9 Å². The van der Waals surface area contributed by atoms with Crippen LogP contribution in [-0.2, 0) is 24.1 Å². The van der Waals surface area contributed by atoms with Crippen LogP contribution in [0.1, 0.15) is 34.7 Å². The lowest BCUT2D eigenvalue weighted by Gasteiger charge is -2.12. The van der Waals surface area contributed by atoms with Crippen LogP contribution in [0.4, 0.5) is 4.39 Å². The quantitative estimate of drug-likeness (QED) is 0.477. The molecule has 0 unspecified atom stereocenters. The summed E-state index contributed by atoms with van der Waals surface area (Å²) in [6.07, 6.45) is 5.35. The third-order valence-corrected chi connectivity index (χ3v) is 7.04. The first-order valence-electron chi connectivity index (χ1n) is 9.53. The normalized spacial score (nSPS) is 13.5. The summed E-state index contributed by atoms with van der Waals surface area (Å²) in [7, 11) is 0. The first-order valence-corrected chi connectivity index (χ1v) is 11.3. The summed E-state index contributed by atoms with van der Waals surface area (Å²) in [5, 5.41) is 5.03. The van der Waals surface area contributed by atoms with Gasteiger partial charge in [0.1, 0.15) is 21.5 Å². The minimum Gasteiger partial charge on any atom is -0.355 e. The highest BCUT2D eigenvalue weighted by Crippen LogP contribution is 2.39. The van der Waals surface area contributed by atoms with E-state index in [1.165, 1.54) is 47.2 Å². The number of benzene rings is 1. The topological polar surface area (TPSA) is 54.9 Å². The summed E-state index contributed by atoms with van der Waals surface area (Å²) in [4.78, 5) is 24.0. The Morgan fingerprint density at radius 3 is 2.82 bits per heavy atom. The fraction of sp³-hybridized carbons (Fsp3) is 0.381. The van der Waals surface area contributed by atoms with Crippen LogP contribution in [0, 0.1) is 12.7 Å². The number of nitrogens with one attached hydrogen (secondary N) is 1. The second-order valence-corrected chi connectivity index (χ2v) is 9.03. The van der Waals surface area contributed by atoms with E-state index in [2.05, 4.69) is 15.3 Å². The molecular weight excluding hydrogens is 393 g/mol. The summed E-state index contributed by atoms with van der Waals surface area (Å²) < 4.78 is 12.9. The van der Waals surface area contributed by atoms with Crippen molar-refractivity contribution in [2.45, 2.75) is 44.1 Å². The van der Waals surface area contributed by atoms with Gasteiger partial charge in [-0.05, 0) is 62.3 Å². The predicted molar refractivity (Wildman–Crippen MR) is 113 cm³/mol. The van der Waals surface area contributed by atoms with Crippen LogP contribution in [0.3, 0.4) is 0 Å². The van der Waals surface area contributed by atoms with E-state index in [1.807, 2.05) is 6.92 Å². The van der Waals surface area contributed by atoms with Crippen molar-refractivity contribution >= 4 is 39.2 Å². The van der Waals surface area contributed by atoms with Crippen molar-refractivity contribution in [3.63, 3.8) is 0 Å². The number of fused-ring (bicyclic) bond motifs is 3. The van der Waals surface area contributed by atoms with Crippen LogP contribution in [0.5, 0.6) is 0 Å². The van der Waals surface area contributed by atoms with E-state index in [9.17, 15) is 9.18 Å². The maximum atomic E-state index is 12.9. The van der Waals surface area contributed by atoms with Crippen molar-refractivity contribution in [2.24, 2.45) is 0 Å². The number of hydrogen-bond donors (Lipinski definition) is 1. The van der Waals surface area contributed by atoms with Crippen molar-refractivity contribution in [2.75, 3.05) is 12.3 Å². The van der Waals surface area contributed by atoms with E-state index in [1.54, 1.807) is 23.5 Å². The lowest BCUT2D eigenvalue weighted by Crippen LogP contribution is -2.27. The minimum absolute atomic E-state index is 0.0133. The molecule has 4 nitrogen and oxygen atoms in total. The molecule has 1 amide bonds. The lowest BCUT2D eigenvalue weighted by atomic mass is 9.97. The molecule has 4 rings (SSSR count). The molecule has 0 spiro atoms. The zero-order chi connectivity index (χ0) is 19.5. The number of halogens is 1. The van der Waals surface area contributed by atoms with Gasteiger partial charge in [0, 0.05) is 16.8 Å². The molecule has 0 saturated heterocycles. The van der Waals surface area contributed by atoms with Crippen LogP contribution in [-0.4, -0.2) is 28.2 Å². The summed E-state index contributed by atoms with van der Waals surface area (Å²) in [6, 6.07) is 6.38. The molecule has 7 heteroatoms. The summed E-state index contributed by atoms with van der Waals surface area (Å²) >= 11 is 3.27. The van der Waals surface area contributed by atoms with Gasteiger partial charge in [0.15, 0.2) is 0 Å². The molecule has 0 atom stereocenters. The Morgan fingerprint density at radius 2 is 2.00 bits per heavy atom. The van der Waals surface area contributed by atoms with Gasteiger partial charge < -0.3 is 5.32 Å². The Labute approximate surface area is 172 Å². The molecule has 0 radical (unpaired) electrons. The number of carbonyl (C=O) groups is 1. The van der Waals surface area contributed by atoms with Crippen molar-refractivity contribution in [1.29, 1.82) is 0 Å². The summed E-state index contributed by atoms with van der Waals surface area (Å²) in [6.45, 7) is 2.45. The maximum absolute atomic E-state index is 12.9. The Hall–Kier alpha value is -1.99. The van der Waals surface area contributed by atoms with E-state index >= 15 is 0 Å². The van der Waals surface area contributed by atoms with Crippen LogP contribution < -0.4 is 5.32 Å². The predicted octanol–water partition coefficient (Wildman–Crippen LogP) is 4.47. The standard InChI is InChI=1S/C21H22FN3OS2/c1-13-24-20(19-16-4-2-3-5-17(16)28-21(19)25-13)27-12-18(26)23-11-10-14-6-8-15(22)9-7-14/h6-9H,2-5,10-12H2,1H3,(H,23,26). The minimum atomic E-state index is -0.244. The zero-order valence-corrected chi connectivity index (χ0v) is 17.4. The van der Waals surface area contributed by atoms with Crippen molar-refractivity contribution in [3.05, 3.63) is 51.9 Å². The van der Waals surface area contributed by atoms with Gasteiger partial charge in [-0.2, -0.15) is 0 Å². The van der Waals surface area contributed by atoms with E-state index in [4.69, 9.17) is 0 Å². The van der Waals surface area contributed by atoms with Gasteiger partial charge in [0.2, 0.25) is 5.91 Å². The monoisotopic (exact) mass is 415 g/mol. The molecule has 0 saturated carbocycles. The average molecular weight is 416 g/mol. The lowest BCUT2D eigenvalue weighted by molar-refractivity contribution is -0.118. The Kier molecular flexibility index (Phi) is 5.92. The second kappa shape index (κ2) is 8.57. The van der Waals surface area contributed by atoms with Crippen LogP contribution >= 0.6 is 23.1 Å². The molecule has 28 heavy (non-hydrogen) atoms. The summed E-state index contributed by atoms with van der Waals surface area (Å²) in [5.41, 5.74) is 2.40. The average Bonchev–Trinajstić information content (AvgIpc) is 3.06. The number of rotatable bonds is 6. The highest BCUT2D eigenvalue weighted by Gasteiger charge is 2.21. The molecule has 0 fully saturated rings. The molecule has 1 aliphatic rings.